The Bertz CT molecular complexity index is 1250. The number of benzene rings is 2. The molecule has 170 valence electrons. The highest BCUT2D eigenvalue weighted by molar-refractivity contribution is 7.92. The molecule has 0 saturated carbocycles. The van der Waals surface area contributed by atoms with Crippen molar-refractivity contribution in [3.63, 3.8) is 0 Å². The molecule has 0 saturated heterocycles. The summed E-state index contributed by atoms with van der Waals surface area (Å²) in [5, 5.41) is 10.7. The standard InChI is InChI=1S/C22H27N5O4S/c1-14-7-8-16(19(11-14)27-10-9-23-26-27)21(28)24-17-12-15(22(2,3)4)13-18(20(17)31-5)25-32(6,29)30/h7-13,25H,1-6H3,(H,24,28). The van der Waals surface area contributed by atoms with E-state index in [2.05, 4.69) is 20.4 Å². The molecule has 10 heteroatoms. The molecule has 3 rings (SSSR count). The molecule has 9 nitrogen and oxygen atoms in total. The molecular weight excluding hydrogens is 430 g/mol. The summed E-state index contributed by atoms with van der Waals surface area (Å²) < 4.78 is 33.3. The van der Waals surface area contributed by atoms with Crippen LogP contribution in [0.15, 0.2) is 42.7 Å². The van der Waals surface area contributed by atoms with E-state index in [-0.39, 0.29) is 16.9 Å². The zero-order chi connectivity index (χ0) is 23.7. The van der Waals surface area contributed by atoms with Crippen molar-refractivity contribution in [2.24, 2.45) is 0 Å². The highest BCUT2D eigenvalue weighted by Gasteiger charge is 2.23. The van der Waals surface area contributed by atoms with Gasteiger partial charge in [0.15, 0.2) is 5.75 Å². The molecule has 0 radical (unpaired) electrons. The summed E-state index contributed by atoms with van der Waals surface area (Å²) in [4.78, 5) is 13.3. The van der Waals surface area contributed by atoms with E-state index in [4.69, 9.17) is 4.74 Å². The summed E-state index contributed by atoms with van der Waals surface area (Å²) in [7, 11) is -2.15. The Morgan fingerprint density at radius 2 is 1.81 bits per heavy atom. The van der Waals surface area contributed by atoms with E-state index < -0.39 is 15.9 Å². The molecule has 1 aromatic heterocycles. The number of rotatable bonds is 6. The van der Waals surface area contributed by atoms with Crippen LogP contribution in [0.2, 0.25) is 0 Å². The van der Waals surface area contributed by atoms with Crippen LogP contribution in [0.4, 0.5) is 11.4 Å². The van der Waals surface area contributed by atoms with E-state index in [0.717, 1.165) is 17.4 Å². The maximum absolute atomic E-state index is 13.3. The fourth-order valence-electron chi connectivity index (χ4n) is 3.20. The first kappa shape index (κ1) is 23.3. The van der Waals surface area contributed by atoms with Crippen LogP contribution in [0.25, 0.3) is 5.69 Å². The first-order valence-corrected chi connectivity index (χ1v) is 11.8. The first-order chi connectivity index (χ1) is 14.9. The zero-order valence-corrected chi connectivity index (χ0v) is 19.7. The average molecular weight is 458 g/mol. The average Bonchev–Trinajstić information content (AvgIpc) is 3.20. The summed E-state index contributed by atoms with van der Waals surface area (Å²) in [6.07, 6.45) is 4.24. The highest BCUT2D eigenvalue weighted by atomic mass is 32.2. The predicted octanol–water partition coefficient (Wildman–Crippen LogP) is 3.51. The smallest absolute Gasteiger partial charge is 0.257 e. The Kier molecular flexibility index (Phi) is 6.27. The second kappa shape index (κ2) is 8.62. The van der Waals surface area contributed by atoms with Crippen molar-refractivity contribution < 1.29 is 17.9 Å². The third-order valence-electron chi connectivity index (χ3n) is 4.77. The van der Waals surface area contributed by atoms with Gasteiger partial charge in [0.05, 0.1) is 48.4 Å². The number of anilines is 2. The lowest BCUT2D eigenvalue weighted by molar-refractivity contribution is 0.102. The van der Waals surface area contributed by atoms with Gasteiger partial charge in [0, 0.05) is 0 Å². The Morgan fingerprint density at radius 3 is 2.38 bits per heavy atom. The van der Waals surface area contributed by atoms with Crippen molar-refractivity contribution in [1.82, 2.24) is 15.0 Å². The van der Waals surface area contributed by atoms with E-state index in [1.165, 1.54) is 18.0 Å². The van der Waals surface area contributed by atoms with Crippen molar-refractivity contribution in [3.8, 4) is 11.4 Å². The Balaban J connectivity index is 2.11. The summed E-state index contributed by atoms with van der Waals surface area (Å²) in [5.41, 5.74) is 3.01. The number of methoxy groups -OCH3 is 1. The van der Waals surface area contributed by atoms with Gasteiger partial charge in [-0.3, -0.25) is 9.52 Å². The van der Waals surface area contributed by atoms with Crippen LogP contribution >= 0.6 is 0 Å². The van der Waals surface area contributed by atoms with E-state index >= 15 is 0 Å². The number of ether oxygens (including phenoxy) is 1. The summed E-state index contributed by atoms with van der Waals surface area (Å²) in [6, 6.07) is 8.87. The van der Waals surface area contributed by atoms with Gasteiger partial charge in [-0.25, -0.2) is 13.1 Å². The lowest BCUT2D eigenvalue weighted by Crippen LogP contribution is -2.19. The van der Waals surface area contributed by atoms with Crippen molar-refractivity contribution >= 4 is 27.3 Å². The topological polar surface area (TPSA) is 115 Å². The van der Waals surface area contributed by atoms with Gasteiger partial charge in [0.1, 0.15) is 0 Å². The van der Waals surface area contributed by atoms with Gasteiger partial charge in [-0.05, 0) is 47.7 Å². The van der Waals surface area contributed by atoms with Gasteiger partial charge in [-0.15, -0.1) is 5.10 Å². The minimum atomic E-state index is -3.57. The molecular formula is C22H27N5O4S. The molecule has 2 N–H and O–H groups in total. The molecule has 0 aliphatic heterocycles. The Labute approximate surface area is 187 Å². The van der Waals surface area contributed by atoms with E-state index in [0.29, 0.717) is 16.9 Å². The number of amides is 1. The minimum absolute atomic E-state index is 0.214. The van der Waals surface area contributed by atoms with E-state index in [1.807, 2.05) is 39.8 Å². The number of sulfonamides is 1. The molecule has 0 aliphatic rings. The van der Waals surface area contributed by atoms with Crippen LogP contribution < -0.4 is 14.8 Å². The van der Waals surface area contributed by atoms with Gasteiger partial charge in [-0.2, -0.15) is 0 Å². The molecule has 1 amide bonds. The maximum Gasteiger partial charge on any atom is 0.257 e. The maximum atomic E-state index is 13.3. The molecule has 0 atom stereocenters. The normalized spacial score (nSPS) is 11.8. The number of aryl methyl sites for hydroxylation is 1. The van der Waals surface area contributed by atoms with Crippen LogP contribution in [0.3, 0.4) is 0 Å². The number of carbonyl (C=O) groups is 1. The summed E-state index contributed by atoms with van der Waals surface area (Å²) >= 11 is 0. The summed E-state index contributed by atoms with van der Waals surface area (Å²) in [6.45, 7) is 7.90. The quantitative estimate of drug-likeness (QED) is 0.585. The number of aromatic nitrogens is 3. The van der Waals surface area contributed by atoms with Gasteiger partial charge < -0.3 is 10.1 Å². The van der Waals surface area contributed by atoms with Gasteiger partial charge in [-0.1, -0.05) is 32.1 Å². The number of nitrogens with one attached hydrogen (secondary N) is 2. The van der Waals surface area contributed by atoms with Crippen LogP contribution in [0.1, 0.15) is 42.3 Å². The van der Waals surface area contributed by atoms with Gasteiger partial charge in [0.2, 0.25) is 10.0 Å². The molecule has 0 fully saturated rings. The van der Waals surface area contributed by atoms with Crippen LogP contribution in [-0.4, -0.2) is 42.7 Å². The highest BCUT2D eigenvalue weighted by Crippen LogP contribution is 2.39. The third-order valence-corrected chi connectivity index (χ3v) is 5.36. The SMILES string of the molecule is COc1c(NC(=O)c2ccc(C)cc2-n2ccnn2)cc(C(C)(C)C)cc1NS(C)(=O)=O. The molecule has 32 heavy (non-hydrogen) atoms. The van der Waals surface area contributed by atoms with Crippen LogP contribution in [0, 0.1) is 6.92 Å². The van der Waals surface area contributed by atoms with E-state index in [9.17, 15) is 13.2 Å². The molecule has 2 aromatic carbocycles. The number of hydrogen-bond donors (Lipinski definition) is 2. The summed E-state index contributed by atoms with van der Waals surface area (Å²) in [5.74, 6) is -0.184. The minimum Gasteiger partial charge on any atom is -0.492 e. The third kappa shape index (κ3) is 5.25. The molecule has 0 unspecified atom stereocenters. The second-order valence-corrected chi connectivity index (χ2v) is 10.3. The largest absolute Gasteiger partial charge is 0.492 e. The first-order valence-electron chi connectivity index (χ1n) is 9.88. The van der Waals surface area contributed by atoms with Crippen LogP contribution in [-0.2, 0) is 15.4 Å². The van der Waals surface area contributed by atoms with Crippen LogP contribution in [0.5, 0.6) is 5.75 Å². The van der Waals surface area contributed by atoms with E-state index in [1.54, 1.807) is 24.4 Å². The molecule has 1 heterocycles. The van der Waals surface area contributed by atoms with Crippen molar-refractivity contribution in [2.45, 2.75) is 33.1 Å². The number of hydrogen-bond acceptors (Lipinski definition) is 6. The van der Waals surface area contributed by atoms with Gasteiger partial charge in [0.25, 0.3) is 5.91 Å². The lowest BCUT2D eigenvalue weighted by Gasteiger charge is -2.24. The molecule has 3 aromatic rings. The predicted molar refractivity (Wildman–Crippen MR) is 124 cm³/mol. The van der Waals surface area contributed by atoms with Crippen molar-refractivity contribution in [1.29, 1.82) is 0 Å². The Morgan fingerprint density at radius 1 is 1.12 bits per heavy atom. The molecule has 0 bridgehead atoms. The Hall–Kier alpha value is -3.40. The monoisotopic (exact) mass is 457 g/mol. The fraction of sp³-hybridized carbons (Fsp3) is 0.318. The molecule has 0 aliphatic carbocycles. The molecule has 0 spiro atoms. The van der Waals surface area contributed by atoms with Gasteiger partial charge >= 0.3 is 0 Å². The van der Waals surface area contributed by atoms with Crippen molar-refractivity contribution in [3.05, 3.63) is 59.4 Å². The van der Waals surface area contributed by atoms with Crippen molar-refractivity contribution in [2.75, 3.05) is 23.4 Å². The number of nitrogens with zero attached hydrogens (tertiary/aromatic N) is 3. The lowest BCUT2D eigenvalue weighted by atomic mass is 9.86. The fourth-order valence-corrected chi connectivity index (χ4v) is 3.75. The zero-order valence-electron chi connectivity index (χ0n) is 18.9. The second-order valence-electron chi connectivity index (χ2n) is 8.55. The number of carbonyl (C=O) groups excluding carboxylic acids is 1.